The third kappa shape index (κ3) is 4.14. The van der Waals surface area contributed by atoms with E-state index in [2.05, 4.69) is 29.1 Å². The standard InChI is InChI=1S/C11H20N4/c1-3-4-5-6-9(2)15-11-10(12)7-13-8-14-11/h7-9H,3-6,12H2,1-2H3,(H,13,14,15). The van der Waals surface area contributed by atoms with Crippen molar-refractivity contribution in [3.63, 3.8) is 0 Å². The van der Waals surface area contributed by atoms with E-state index in [0.717, 1.165) is 12.2 Å². The van der Waals surface area contributed by atoms with Crippen LogP contribution in [0.5, 0.6) is 0 Å². The summed E-state index contributed by atoms with van der Waals surface area (Å²) in [6, 6.07) is 0.411. The van der Waals surface area contributed by atoms with Gasteiger partial charge in [0.25, 0.3) is 0 Å². The minimum atomic E-state index is 0.411. The SMILES string of the molecule is CCCCCC(C)Nc1ncncc1N. The summed E-state index contributed by atoms with van der Waals surface area (Å²) in [5.41, 5.74) is 6.35. The Kier molecular flexibility index (Phi) is 4.87. The van der Waals surface area contributed by atoms with Gasteiger partial charge in [-0.15, -0.1) is 0 Å². The second-order valence-corrected chi connectivity index (χ2v) is 3.87. The number of nitrogens with two attached hydrogens (primary N) is 1. The molecule has 0 aliphatic rings. The highest BCUT2D eigenvalue weighted by atomic mass is 15.0. The zero-order valence-corrected chi connectivity index (χ0v) is 9.53. The highest BCUT2D eigenvalue weighted by Gasteiger charge is 2.04. The van der Waals surface area contributed by atoms with Gasteiger partial charge in [-0.25, -0.2) is 9.97 Å². The Bertz CT molecular complexity index is 288. The van der Waals surface area contributed by atoms with Gasteiger partial charge in [0.05, 0.1) is 11.9 Å². The summed E-state index contributed by atoms with van der Waals surface area (Å²) >= 11 is 0. The molecule has 84 valence electrons. The van der Waals surface area contributed by atoms with Crippen LogP contribution in [0.2, 0.25) is 0 Å². The number of hydrogen-bond acceptors (Lipinski definition) is 4. The molecule has 0 aliphatic heterocycles. The molecule has 0 spiro atoms. The number of nitrogen functional groups attached to an aromatic ring is 1. The van der Waals surface area contributed by atoms with Crippen molar-refractivity contribution in [3.05, 3.63) is 12.5 Å². The molecule has 1 rings (SSSR count). The Morgan fingerprint density at radius 1 is 1.47 bits per heavy atom. The second kappa shape index (κ2) is 6.22. The number of unbranched alkanes of at least 4 members (excludes halogenated alkanes) is 2. The molecule has 0 amide bonds. The van der Waals surface area contributed by atoms with Crippen molar-refractivity contribution >= 4 is 11.5 Å². The first-order valence-electron chi connectivity index (χ1n) is 5.56. The fourth-order valence-electron chi connectivity index (χ4n) is 1.47. The highest BCUT2D eigenvalue weighted by Crippen LogP contribution is 2.14. The lowest BCUT2D eigenvalue weighted by atomic mass is 10.1. The number of rotatable bonds is 6. The number of hydrogen-bond donors (Lipinski definition) is 2. The molecule has 0 fully saturated rings. The molecule has 1 aromatic rings. The van der Waals surface area contributed by atoms with Crippen LogP contribution >= 0.6 is 0 Å². The van der Waals surface area contributed by atoms with Crippen LogP contribution in [-0.2, 0) is 0 Å². The quantitative estimate of drug-likeness (QED) is 0.705. The van der Waals surface area contributed by atoms with Gasteiger partial charge in [-0.2, -0.15) is 0 Å². The fourth-order valence-corrected chi connectivity index (χ4v) is 1.47. The monoisotopic (exact) mass is 208 g/mol. The number of aromatic nitrogens is 2. The Morgan fingerprint density at radius 3 is 2.93 bits per heavy atom. The van der Waals surface area contributed by atoms with Gasteiger partial charge >= 0.3 is 0 Å². The molecular formula is C11H20N4. The van der Waals surface area contributed by atoms with Crippen LogP contribution < -0.4 is 11.1 Å². The average Bonchev–Trinajstić information content (AvgIpc) is 2.22. The molecule has 1 unspecified atom stereocenters. The third-order valence-corrected chi connectivity index (χ3v) is 2.36. The molecule has 1 heterocycles. The van der Waals surface area contributed by atoms with Crippen molar-refractivity contribution in [1.82, 2.24) is 9.97 Å². The van der Waals surface area contributed by atoms with Crippen LogP contribution in [0.3, 0.4) is 0 Å². The van der Waals surface area contributed by atoms with Crippen LogP contribution in [0, 0.1) is 0 Å². The first-order valence-corrected chi connectivity index (χ1v) is 5.56. The third-order valence-electron chi connectivity index (χ3n) is 2.36. The molecule has 0 radical (unpaired) electrons. The van der Waals surface area contributed by atoms with E-state index in [1.807, 2.05) is 0 Å². The zero-order chi connectivity index (χ0) is 11.1. The molecule has 1 aromatic heterocycles. The Hall–Kier alpha value is -1.32. The lowest BCUT2D eigenvalue weighted by Crippen LogP contribution is -2.17. The van der Waals surface area contributed by atoms with Gasteiger partial charge in [-0.3, -0.25) is 0 Å². The summed E-state index contributed by atoms with van der Waals surface area (Å²) < 4.78 is 0. The molecule has 0 bridgehead atoms. The largest absolute Gasteiger partial charge is 0.394 e. The topological polar surface area (TPSA) is 63.8 Å². The predicted molar refractivity (Wildman–Crippen MR) is 63.7 cm³/mol. The van der Waals surface area contributed by atoms with Crippen molar-refractivity contribution < 1.29 is 0 Å². The Labute approximate surface area is 91.3 Å². The lowest BCUT2D eigenvalue weighted by molar-refractivity contribution is 0.614. The molecule has 1 atom stereocenters. The summed E-state index contributed by atoms with van der Waals surface area (Å²) in [7, 11) is 0. The van der Waals surface area contributed by atoms with E-state index < -0.39 is 0 Å². The molecular weight excluding hydrogens is 188 g/mol. The summed E-state index contributed by atoms with van der Waals surface area (Å²) in [5.74, 6) is 0.744. The van der Waals surface area contributed by atoms with Crippen LogP contribution in [0.15, 0.2) is 12.5 Å². The van der Waals surface area contributed by atoms with Crippen molar-refractivity contribution in [2.75, 3.05) is 11.1 Å². The molecule has 4 heteroatoms. The number of nitrogens with zero attached hydrogens (tertiary/aromatic N) is 2. The van der Waals surface area contributed by atoms with Gasteiger partial charge in [0.1, 0.15) is 6.33 Å². The van der Waals surface area contributed by atoms with E-state index in [-0.39, 0.29) is 0 Å². The molecule has 0 aliphatic carbocycles. The molecule has 4 nitrogen and oxygen atoms in total. The zero-order valence-electron chi connectivity index (χ0n) is 9.53. The summed E-state index contributed by atoms with van der Waals surface area (Å²) in [6.07, 6.45) is 8.06. The van der Waals surface area contributed by atoms with Crippen LogP contribution in [-0.4, -0.2) is 16.0 Å². The first kappa shape index (κ1) is 11.8. The van der Waals surface area contributed by atoms with Gasteiger partial charge in [0.15, 0.2) is 5.82 Å². The van der Waals surface area contributed by atoms with Crippen LogP contribution in [0.25, 0.3) is 0 Å². The van der Waals surface area contributed by atoms with Gasteiger partial charge in [0.2, 0.25) is 0 Å². The number of anilines is 2. The van der Waals surface area contributed by atoms with Crippen molar-refractivity contribution in [3.8, 4) is 0 Å². The van der Waals surface area contributed by atoms with E-state index in [9.17, 15) is 0 Å². The van der Waals surface area contributed by atoms with E-state index in [1.54, 1.807) is 6.20 Å². The Balaban J connectivity index is 2.37. The van der Waals surface area contributed by atoms with Gasteiger partial charge in [0, 0.05) is 6.04 Å². The second-order valence-electron chi connectivity index (χ2n) is 3.87. The average molecular weight is 208 g/mol. The molecule has 0 saturated heterocycles. The van der Waals surface area contributed by atoms with Gasteiger partial charge < -0.3 is 11.1 Å². The smallest absolute Gasteiger partial charge is 0.152 e. The van der Waals surface area contributed by atoms with Crippen molar-refractivity contribution in [1.29, 1.82) is 0 Å². The highest BCUT2D eigenvalue weighted by molar-refractivity contribution is 5.59. The maximum Gasteiger partial charge on any atom is 0.152 e. The molecule has 15 heavy (non-hydrogen) atoms. The van der Waals surface area contributed by atoms with Gasteiger partial charge in [-0.1, -0.05) is 26.2 Å². The minimum absolute atomic E-state index is 0.411. The fraction of sp³-hybridized carbons (Fsp3) is 0.636. The first-order chi connectivity index (χ1) is 7.24. The maximum atomic E-state index is 5.74. The molecule has 3 N–H and O–H groups in total. The summed E-state index contributed by atoms with van der Waals surface area (Å²) in [5, 5.41) is 3.29. The van der Waals surface area contributed by atoms with E-state index >= 15 is 0 Å². The van der Waals surface area contributed by atoms with Gasteiger partial charge in [-0.05, 0) is 13.3 Å². The number of nitrogens with one attached hydrogen (secondary N) is 1. The van der Waals surface area contributed by atoms with E-state index in [1.165, 1.54) is 25.6 Å². The van der Waals surface area contributed by atoms with E-state index in [0.29, 0.717) is 11.7 Å². The van der Waals surface area contributed by atoms with Crippen LogP contribution in [0.4, 0.5) is 11.5 Å². The summed E-state index contributed by atoms with van der Waals surface area (Å²) in [4.78, 5) is 7.95. The molecule has 0 saturated carbocycles. The predicted octanol–water partition coefficient (Wildman–Crippen LogP) is 2.44. The van der Waals surface area contributed by atoms with Crippen molar-refractivity contribution in [2.45, 2.75) is 45.6 Å². The summed E-state index contributed by atoms with van der Waals surface area (Å²) in [6.45, 7) is 4.36. The normalized spacial score (nSPS) is 12.4. The van der Waals surface area contributed by atoms with E-state index in [4.69, 9.17) is 5.73 Å². The lowest BCUT2D eigenvalue weighted by Gasteiger charge is -2.14. The Morgan fingerprint density at radius 2 is 2.27 bits per heavy atom. The maximum absolute atomic E-state index is 5.74. The van der Waals surface area contributed by atoms with Crippen LogP contribution in [0.1, 0.15) is 39.5 Å². The molecule has 0 aromatic carbocycles. The minimum Gasteiger partial charge on any atom is -0.394 e. The van der Waals surface area contributed by atoms with Crippen molar-refractivity contribution in [2.24, 2.45) is 0 Å².